The van der Waals surface area contributed by atoms with Crippen LogP contribution in [-0.4, -0.2) is 45.4 Å². The molecular formula is C22H25N3O6S. The molecule has 2 aromatic carbocycles. The van der Waals surface area contributed by atoms with Crippen molar-refractivity contribution in [3.63, 3.8) is 0 Å². The minimum atomic E-state index is -3.74. The Morgan fingerprint density at radius 2 is 1.69 bits per heavy atom. The van der Waals surface area contributed by atoms with Gasteiger partial charge in [0.15, 0.2) is 12.1 Å². The highest BCUT2D eigenvalue weighted by atomic mass is 32.2. The fourth-order valence-electron chi connectivity index (χ4n) is 3.12. The van der Waals surface area contributed by atoms with Crippen LogP contribution in [0.3, 0.4) is 0 Å². The van der Waals surface area contributed by atoms with Crippen LogP contribution in [0.4, 0.5) is 5.69 Å². The molecule has 10 heteroatoms. The molecule has 1 aliphatic heterocycles. The van der Waals surface area contributed by atoms with Crippen LogP contribution in [0.1, 0.15) is 26.3 Å². The van der Waals surface area contributed by atoms with Gasteiger partial charge in [-0.1, -0.05) is 38.1 Å². The Kier molecular flexibility index (Phi) is 6.83. The number of amidine groups is 1. The van der Waals surface area contributed by atoms with Crippen molar-refractivity contribution in [3.05, 3.63) is 54.1 Å². The van der Waals surface area contributed by atoms with Gasteiger partial charge in [0, 0.05) is 5.56 Å². The number of esters is 1. The maximum absolute atomic E-state index is 12.8. The van der Waals surface area contributed by atoms with E-state index in [0.717, 1.165) is 0 Å². The van der Waals surface area contributed by atoms with Crippen molar-refractivity contribution in [3.8, 4) is 5.75 Å². The van der Waals surface area contributed by atoms with Gasteiger partial charge in [-0.2, -0.15) is 0 Å². The second-order valence-corrected chi connectivity index (χ2v) is 9.19. The zero-order valence-corrected chi connectivity index (χ0v) is 19.0. The van der Waals surface area contributed by atoms with Crippen LogP contribution < -0.4 is 14.8 Å². The van der Waals surface area contributed by atoms with Gasteiger partial charge >= 0.3 is 5.97 Å². The summed E-state index contributed by atoms with van der Waals surface area (Å²) in [7, 11) is -2.26. The maximum Gasteiger partial charge on any atom is 0.331 e. The van der Waals surface area contributed by atoms with Gasteiger partial charge in [-0.25, -0.2) is 13.2 Å². The number of carbonyl (C=O) groups is 2. The quantitative estimate of drug-likeness (QED) is 0.613. The van der Waals surface area contributed by atoms with Gasteiger partial charge in [-0.05, 0) is 37.1 Å². The van der Waals surface area contributed by atoms with Gasteiger partial charge in [-0.3, -0.25) is 14.5 Å². The summed E-state index contributed by atoms with van der Waals surface area (Å²) in [5.74, 6) is -1.04. The Morgan fingerprint density at radius 3 is 2.38 bits per heavy atom. The SMILES string of the molecule is COc1ccccc1NC(=O)[C@H](C)OC(=O)[C@H](N=C1NS(=O)(=O)c2ccccc21)C(C)C. The predicted molar refractivity (Wildman–Crippen MR) is 119 cm³/mol. The molecule has 0 spiro atoms. The summed E-state index contributed by atoms with van der Waals surface area (Å²) in [6.45, 7) is 4.95. The lowest BCUT2D eigenvalue weighted by atomic mass is 10.0. The highest BCUT2D eigenvalue weighted by Crippen LogP contribution is 2.25. The standard InChI is InChI=1S/C22H25N3O6S/c1-13(2)19(24-20-15-9-5-8-12-18(15)32(28,29)25-20)22(27)31-14(3)21(26)23-16-10-6-7-11-17(16)30-4/h5-14,19H,1-4H3,(H,23,26)(H,24,25)/t14-,19+/m0/s1. The number of methoxy groups -OCH3 is 1. The largest absolute Gasteiger partial charge is 0.495 e. The number of sulfonamides is 1. The Balaban J connectivity index is 1.76. The van der Waals surface area contributed by atoms with Crippen LogP contribution in [0.25, 0.3) is 0 Å². The molecule has 2 atom stereocenters. The summed E-state index contributed by atoms with van der Waals surface area (Å²) in [6, 6.07) is 12.2. The van der Waals surface area contributed by atoms with Crippen molar-refractivity contribution < 1.29 is 27.5 Å². The fourth-order valence-corrected chi connectivity index (χ4v) is 4.36. The second-order valence-electron chi connectivity index (χ2n) is 7.54. The number of hydrogen-bond donors (Lipinski definition) is 2. The van der Waals surface area contributed by atoms with Crippen LogP contribution in [0.2, 0.25) is 0 Å². The van der Waals surface area contributed by atoms with E-state index in [1.165, 1.54) is 20.1 Å². The topological polar surface area (TPSA) is 123 Å². The Bertz CT molecular complexity index is 1160. The maximum atomic E-state index is 12.8. The van der Waals surface area contributed by atoms with E-state index in [4.69, 9.17) is 9.47 Å². The molecule has 1 amide bonds. The fraction of sp³-hybridized carbons (Fsp3) is 0.318. The van der Waals surface area contributed by atoms with E-state index in [2.05, 4.69) is 15.0 Å². The van der Waals surface area contributed by atoms with Crippen LogP contribution >= 0.6 is 0 Å². The molecule has 2 N–H and O–H groups in total. The van der Waals surface area contributed by atoms with E-state index in [1.807, 2.05) is 0 Å². The van der Waals surface area contributed by atoms with Gasteiger partial charge in [-0.15, -0.1) is 0 Å². The smallest absolute Gasteiger partial charge is 0.331 e. The third-order valence-electron chi connectivity index (χ3n) is 4.83. The average Bonchev–Trinajstić information content (AvgIpc) is 3.02. The normalized spacial score (nSPS) is 17.2. The monoisotopic (exact) mass is 459 g/mol. The Labute approximate surface area is 186 Å². The molecule has 0 bridgehead atoms. The van der Waals surface area contributed by atoms with Crippen molar-refractivity contribution in [2.24, 2.45) is 10.9 Å². The van der Waals surface area contributed by atoms with Gasteiger partial charge < -0.3 is 14.8 Å². The molecule has 0 saturated carbocycles. The number of benzene rings is 2. The van der Waals surface area contributed by atoms with Gasteiger partial charge in [0.2, 0.25) is 0 Å². The molecule has 0 saturated heterocycles. The average molecular weight is 460 g/mol. The van der Waals surface area contributed by atoms with E-state index >= 15 is 0 Å². The van der Waals surface area contributed by atoms with Gasteiger partial charge in [0.1, 0.15) is 11.6 Å². The summed E-state index contributed by atoms with van der Waals surface area (Å²) >= 11 is 0. The van der Waals surface area contributed by atoms with E-state index in [-0.39, 0.29) is 16.6 Å². The van der Waals surface area contributed by atoms with Crippen molar-refractivity contribution in [1.82, 2.24) is 4.72 Å². The summed E-state index contributed by atoms with van der Waals surface area (Å²) in [6.07, 6.45) is -1.11. The van der Waals surface area contributed by atoms with E-state index in [0.29, 0.717) is 17.0 Å². The van der Waals surface area contributed by atoms with Crippen LogP contribution in [0.15, 0.2) is 58.4 Å². The zero-order valence-electron chi connectivity index (χ0n) is 18.2. The first kappa shape index (κ1) is 23.3. The molecule has 3 rings (SSSR count). The first-order valence-electron chi connectivity index (χ1n) is 9.98. The van der Waals surface area contributed by atoms with Gasteiger partial charge in [0.05, 0.1) is 17.7 Å². The number of fused-ring (bicyclic) bond motifs is 1. The summed E-state index contributed by atoms with van der Waals surface area (Å²) < 4.78 is 37.5. The van der Waals surface area contributed by atoms with Crippen LogP contribution in [-0.2, 0) is 24.3 Å². The van der Waals surface area contributed by atoms with Crippen LogP contribution in [0.5, 0.6) is 5.75 Å². The van der Waals surface area contributed by atoms with Crippen molar-refractivity contribution >= 4 is 33.4 Å². The zero-order chi connectivity index (χ0) is 23.5. The summed E-state index contributed by atoms with van der Waals surface area (Å²) in [5.41, 5.74) is 0.827. The molecule has 0 radical (unpaired) electrons. The number of carbonyl (C=O) groups excluding carboxylic acids is 2. The van der Waals surface area contributed by atoms with Crippen molar-refractivity contribution in [2.75, 3.05) is 12.4 Å². The number of para-hydroxylation sites is 2. The number of anilines is 1. The minimum absolute atomic E-state index is 0.0716. The molecule has 1 heterocycles. The number of ether oxygens (including phenoxy) is 2. The third-order valence-corrected chi connectivity index (χ3v) is 6.23. The number of aliphatic imine (C=N–C) groups is 1. The molecule has 0 aliphatic carbocycles. The van der Waals surface area contributed by atoms with Crippen molar-refractivity contribution in [1.29, 1.82) is 0 Å². The van der Waals surface area contributed by atoms with Crippen LogP contribution in [0, 0.1) is 5.92 Å². The van der Waals surface area contributed by atoms with Gasteiger partial charge in [0.25, 0.3) is 15.9 Å². The summed E-state index contributed by atoms with van der Waals surface area (Å²) in [4.78, 5) is 29.8. The molecule has 9 nitrogen and oxygen atoms in total. The van der Waals surface area contributed by atoms with E-state index in [1.54, 1.807) is 56.3 Å². The lowest BCUT2D eigenvalue weighted by molar-refractivity contribution is -0.155. The predicted octanol–water partition coefficient (Wildman–Crippen LogP) is 2.33. The van der Waals surface area contributed by atoms with E-state index in [9.17, 15) is 18.0 Å². The molecular weight excluding hydrogens is 434 g/mol. The number of nitrogens with one attached hydrogen (secondary N) is 2. The first-order valence-corrected chi connectivity index (χ1v) is 11.5. The Morgan fingerprint density at radius 1 is 1.03 bits per heavy atom. The Hall–Kier alpha value is -3.40. The number of nitrogens with zero attached hydrogens (tertiary/aromatic N) is 1. The minimum Gasteiger partial charge on any atom is -0.495 e. The highest BCUT2D eigenvalue weighted by Gasteiger charge is 2.34. The molecule has 0 unspecified atom stereocenters. The number of rotatable bonds is 7. The second kappa shape index (κ2) is 9.39. The molecule has 0 aromatic heterocycles. The van der Waals surface area contributed by atoms with E-state index < -0.39 is 34.0 Å². The molecule has 1 aliphatic rings. The molecule has 2 aromatic rings. The molecule has 0 fully saturated rings. The van der Waals surface area contributed by atoms with Crippen molar-refractivity contribution in [2.45, 2.75) is 37.8 Å². The summed E-state index contributed by atoms with van der Waals surface area (Å²) in [5, 5.41) is 2.66. The first-order chi connectivity index (χ1) is 15.1. The highest BCUT2D eigenvalue weighted by molar-refractivity contribution is 7.90. The third kappa shape index (κ3) is 4.91. The lowest BCUT2D eigenvalue weighted by Crippen LogP contribution is -2.37. The lowest BCUT2D eigenvalue weighted by Gasteiger charge is -2.20. The number of hydrogen-bond acceptors (Lipinski definition) is 7. The molecule has 170 valence electrons. The number of amides is 1. The molecule has 32 heavy (non-hydrogen) atoms.